The van der Waals surface area contributed by atoms with Crippen molar-refractivity contribution in [1.29, 1.82) is 0 Å². The summed E-state index contributed by atoms with van der Waals surface area (Å²) in [6.07, 6.45) is 3.69. The Balaban J connectivity index is 1.88. The number of carbonyl (C=O) groups excluding carboxylic acids is 1. The molecule has 2 heterocycles. The normalized spacial score (nSPS) is 12.4. The second-order valence-corrected chi connectivity index (χ2v) is 6.54. The fraction of sp³-hybridized carbons (Fsp3) is 0.467. The molecule has 2 rings (SSSR count). The first kappa shape index (κ1) is 16.5. The molecule has 0 radical (unpaired) electrons. The predicted octanol–water partition coefficient (Wildman–Crippen LogP) is 1.93. The molecule has 6 nitrogen and oxygen atoms in total. The minimum absolute atomic E-state index is 0.0766. The Morgan fingerprint density at radius 1 is 1.45 bits per heavy atom. The minimum Gasteiger partial charge on any atom is -0.336 e. The predicted molar refractivity (Wildman–Crippen MR) is 88.8 cm³/mol. The van der Waals surface area contributed by atoms with Gasteiger partial charge in [-0.1, -0.05) is 6.07 Å². The molecule has 22 heavy (non-hydrogen) atoms. The monoisotopic (exact) mass is 321 g/mol. The van der Waals surface area contributed by atoms with E-state index < -0.39 is 0 Å². The standard InChI is InChI=1S/C15H23N5OS/c1-18(2)13(14-6-5-7-22-14)9-16-15(21)19(3)10-12-8-17-20(4)11-12/h5-8,11,13H,9-10H2,1-4H3,(H,16,21). The molecule has 1 N–H and O–H groups in total. The quantitative estimate of drug-likeness (QED) is 0.884. The zero-order valence-electron chi connectivity index (χ0n) is 13.5. The van der Waals surface area contributed by atoms with E-state index in [0.29, 0.717) is 13.1 Å². The van der Waals surface area contributed by atoms with Crippen LogP contribution >= 0.6 is 11.3 Å². The van der Waals surface area contributed by atoms with E-state index in [4.69, 9.17) is 0 Å². The van der Waals surface area contributed by atoms with E-state index >= 15 is 0 Å². The Morgan fingerprint density at radius 2 is 2.23 bits per heavy atom. The van der Waals surface area contributed by atoms with E-state index in [9.17, 15) is 4.79 Å². The van der Waals surface area contributed by atoms with Crippen molar-refractivity contribution in [1.82, 2.24) is 24.9 Å². The molecular formula is C15H23N5OS. The van der Waals surface area contributed by atoms with Gasteiger partial charge in [-0.3, -0.25) is 4.68 Å². The number of carbonyl (C=O) groups is 1. The van der Waals surface area contributed by atoms with Gasteiger partial charge in [-0.2, -0.15) is 5.10 Å². The fourth-order valence-corrected chi connectivity index (χ4v) is 3.16. The molecule has 2 amide bonds. The Labute approximate surface area is 135 Å². The molecule has 0 aromatic carbocycles. The average molecular weight is 321 g/mol. The van der Waals surface area contributed by atoms with Gasteiger partial charge < -0.3 is 15.1 Å². The van der Waals surface area contributed by atoms with Crippen molar-refractivity contribution in [2.24, 2.45) is 7.05 Å². The first-order valence-electron chi connectivity index (χ1n) is 7.13. The van der Waals surface area contributed by atoms with Crippen LogP contribution in [0.15, 0.2) is 29.9 Å². The van der Waals surface area contributed by atoms with Crippen LogP contribution in [0.25, 0.3) is 0 Å². The summed E-state index contributed by atoms with van der Waals surface area (Å²) in [5.74, 6) is 0. The summed E-state index contributed by atoms with van der Waals surface area (Å²) in [6, 6.07) is 4.25. The van der Waals surface area contributed by atoms with Crippen LogP contribution in [-0.4, -0.2) is 53.3 Å². The highest BCUT2D eigenvalue weighted by molar-refractivity contribution is 7.10. The molecule has 0 bridgehead atoms. The number of likely N-dealkylation sites (N-methyl/N-ethyl adjacent to an activating group) is 1. The number of aromatic nitrogens is 2. The molecular weight excluding hydrogens is 298 g/mol. The van der Waals surface area contributed by atoms with E-state index in [0.717, 1.165) is 5.56 Å². The molecule has 2 aromatic heterocycles. The molecule has 1 unspecified atom stereocenters. The van der Waals surface area contributed by atoms with Crippen LogP contribution in [0.3, 0.4) is 0 Å². The lowest BCUT2D eigenvalue weighted by Crippen LogP contribution is -2.41. The summed E-state index contributed by atoms with van der Waals surface area (Å²) >= 11 is 1.71. The highest BCUT2D eigenvalue weighted by atomic mass is 32.1. The lowest BCUT2D eigenvalue weighted by atomic mass is 10.2. The molecule has 0 spiro atoms. The average Bonchev–Trinajstić information content (AvgIpc) is 3.10. The molecule has 120 valence electrons. The van der Waals surface area contributed by atoms with E-state index in [-0.39, 0.29) is 12.1 Å². The third-order valence-corrected chi connectivity index (χ3v) is 4.44. The van der Waals surface area contributed by atoms with Crippen LogP contribution in [-0.2, 0) is 13.6 Å². The van der Waals surface area contributed by atoms with E-state index in [1.54, 1.807) is 34.2 Å². The minimum atomic E-state index is -0.0766. The van der Waals surface area contributed by atoms with Crippen molar-refractivity contribution >= 4 is 17.4 Å². The summed E-state index contributed by atoms with van der Waals surface area (Å²) in [4.78, 5) is 17.3. The lowest BCUT2D eigenvalue weighted by Gasteiger charge is -2.25. The fourth-order valence-electron chi connectivity index (χ4n) is 2.24. The number of nitrogens with one attached hydrogen (secondary N) is 1. The van der Waals surface area contributed by atoms with Crippen molar-refractivity contribution in [2.75, 3.05) is 27.7 Å². The molecule has 0 saturated heterocycles. The maximum absolute atomic E-state index is 12.2. The third kappa shape index (κ3) is 4.32. The molecule has 7 heteroatoms. The second kappa shape index (κ2) is 7.42. The van der Waals surface area contributed by atoms with Gasteiger partial charge >= 0.3 is 6.03 Å². The number of aryl methyl sites for hydroxylation is 1. The maximum atomic E-state index is 12.2. The first-order chi connectivity index (χ1) is 10.5. The summed E-state index contributed by atoms with van der Waals surface area (Å²) in [5, 5.41) is 9.17. The summed E-state index contributed by atoms with van der Waals surface area (Å²) < 4.78 is 1.74. The van der Waals surface area contributed by atoms with Gasteiger partial charge in [0.25, 0.3) is 0 Å². The SMILES string of the molecule is CN(Cc1cnn(C)c1)C(=O)NCC(c1cccs1)N(C)C. The van der Waals surface area contributed by atoms with Crippen molar-refractivity contribution in [3.63, 3.8) is 0 Å². The Bertz CT molecular complexity index is 593. The highest BCUT2D eigenvalue weighted by Gasteiger charge is 2.17. The molecule has 0 fully saturated rings. The smallest absolute Gasteiger partial charge is 0.317 e. The van der Waals surface area contributed by atoms with Gasteiger partial charge in [0.2, 0.25) is 0 Å². The number of amides is 2. The number of nitrogens with zero attached hydrogens (tertiary/aromatic N) is 4. The van der Waals surface area contributed by atoms with Crippen molar-refractivity contribution in [3.8, 4) is 0 Å². The van der Waals surface area contributed by atoms with Gasteiger partial charge in [0, 0.05) is 37.3 Å². The summed E-state index contributed by atoms with van der Waals surface area (Å²) in [5.41, 5.74) is 1.02. The van der Waals surface area contributed by atoms with Crippen LogP contribution < -0.4 is 5.32 Å². The first-order valence-corrected chi connectivity index (χ1v) is 8.01. The molecule has 1 atom stereocenters. The number of rotatable bonds is 6. The zero-order valence-corrected chi connectivity index (χ0v) is 14.3. The van der Waals surface area contributed by atoms with Gasteiger partial charge in [-0.05, 0) is 25.5 Å². The summed E-state index contributed by atoms with van der Waals surface area (Å²) in [6.45, 7) is 1.13. The summed E-state index contributed by atoms with van der Waals surface area (Å²) in [7, 11) is 7.70. The Hall–Kier alpha value is -1.86. The van der Waals surface area contributed by atoms with Crippen LogP contribution in [0.4, 0.5) is 4.79 Å². The van der Waals surface area contributed by atoms with Crippen LogP contribution in [0, 0.1) is 0 Å². The molecule has 0 aliphatic heterocycles. The van der Waals surface area contributed by atoms with Crippen molar-refractivity contribution in [2.45, 2.75) is 12.6 Å². The van der Waals surface area contributed by atoms with Gasteiger partial charge in [-0.25, -0.2) is 4.79 Å². The lowest BCUT2D eigenvalue weighted by molar-refractivity contribution is 0.201. The third-order valence-electron chi connectivity index (χ3n) is 3.47. The topological polar surface area (TPSA) is 53.4 Å². The molecule has 0 aliphatic rings. The van der Waals surface area contributed by atoms with Gasteiger partial charge in [-0.15, -0.1) is 11.3 Å². The van der Waals surface area contributed by atoms with Crippen molar-refractivity contribution in [3.05, 3.63) is 40.3 Å². The molecule has 0 saturated carbocycles. The maximum Gasteiger partial charge on any atom is 0.317 e. The van der Waals surface area contributed by atoms with Gasteiger partial charge in [0.1, 0.15) is 0 Å². The molecule has 2 aromatic rings. The zero-order chi connectivity index (χ0) is 16.1. The van der Waals surface area contributed by atoms with Crippen LogP contribution in [0.1, 0.15) is 16.5 Å². The van der Waals surface area contributed by atoms with Crippen molar-refractivity contribution < 1.29 is 4.79 Å². The highest BCUT2D eigenvalue weighted by Crippen LogP contribution is 2.22. The van der Waals surface area contributed by atoms with Gasteiger partial charge in [0.15, 0.2) is 0 Å². The van der Waals surface area contributed by atoms with Crippen LogP contribution in [0.5, 0.6) is 0 Å². The van der Waals surface area contributed by atoms with Crippen LogP contribution in [0.2, 0.25) is 0 Å². The second-order valence-electron chi connectivity index (χ2n) is 5.56. The number of thiophene rings is 1. The number of urea groups is 1. The largest absolute Gasteiger partial charge is 0.336 e. The van der Waals surface area contributed by atoms with E-state index in [2.05, 4.69) is 26.8 Å². The number of hydrogen-bond donors (Lipinski definition) is 1. The van der Waals surface area contributed by atoms with Gasteiger partial charge in [0.05, 0.1) is 18.8 Å². The Kier molecular flexibility index (Phi) is 5.57. The van der Waals surface area contributed by atoms with E-state index in [1.807, 2.05) is 33.4 Å². The molecule has 0 aliphatic carbocycles. The Morgan fingerprint density at radius 3 is 2.77 bits per heavy atom. The number of hydrogen-bond acceptors (Lipinski definition) is 4. The van der Waals surface area contributed by atoms with E-state index in [1.165, 1.54) is 4.88 Å².